The zero-order valence-electron chi connectivity index (χ0n) is 10.9. The van der Waals surface area contributed by atoms with Crippen molar-refractivity contribution in [3.63, 3.8) is 0 Å². The molecule has 3 rings (SSSR count). The van der Waals surface area contributed by atoms with Crippen molar-refractivity contribution >= 4 is 5.97 Å². The molecule has 0 aliphatic heterocycles. The van der Waals surface area contributed by atoms with E-state index in [4.69, 9.17) is 0 Å². The number of imidazole rings is 1. The number of carbonyl (C=O) groups is 1. The Hall–Kier alpha value is -2.10. The highest BCUT2D eigenvalue weighted by molar-refractivity contribution is 5.71. The predicted molar refractivity (Wildman–Crippen MR) is 71.8 cm³/mol. The largest absolute Gasteiger partial charge is 0.469 e. The Morgan fingerprint density at radius 1 is 1.37 bits per heavy atom. The molecule has 1 aromatic heterocycles. The standard InChI is InChI=1S/C15H16N2O2/c1-19-15(18)8-14-16-9-13(17-14)12-6-5-10-3-2-4-11(10)7-12/h5-7,9H,2-4,8H2,1H3,(H,16,17). The topological polar surface area (TPSA) is 55.0 Å². The molecule has 4 nitrogen and oxygen atoms in total. The van der Waals surface area contributed by atoms with Gasteiger partial charge in [-0.3, -0.25) is 4.79 Å². The molecule has 0 fully saturated rings. The normalized spacial score (nSPS) is 13.3. The van der Waals surface area contributed by atoms with Gasteiger partial charge in [0.05, 0.1) is 19.0 Å². The van der Waals surface area contributed by atoms with Gasteiger partial charge < -0.3 is 9.72 Å². The Bertz CT molecular complexity index is 616. The van der Waals surface area contributed by atoms with Crippen molar-refractivity contribution in [1.29, 1.82) is 0 Å². The summed E-state index contributed by atoms with van der Waals surface area (Å²) < 4.78 is 4.63. The van der Waals surface area contributed by atoms with Gasteiger partial charge in [0.25, 0.3) is 0 Å². The van der Waals surface area contributed by atoms with Crippen LogP contribution in [0, 0.1) is 0 Å². The maximum absolute atomic E-state index is 11.2. The average Bonchev–Trinajstić information content (AvgIpc) is 3.05. The van der Waals surface area contributed by atoms with Crippen LogP contribution in [-0.2, 0) is 28.8 Å². The van der Waals surface area contributed by atoms with Crippen LogP contribution in [0.2, 0.25) is 0 Å². The second kappa shape index (κ2) is 4.88. The minimum atomic E-state index is -0.283. The number of benzene rings is 1. The van der Waals surface area contributed by atoms with Crippen molar-refractivity contribution in [2.75, 3.05) is 7.11 Å². The lowest BCUT2D eigenvalue weighted by Gasteiger charge is -2.02. The number of nitrogens with zero attached hydrogens (tertiary/aromatic N) is 1. The summed E-state index contributed by atoms with van der Waals surface area (Å²) in [7, 11) is 1.38. The van der Waals surface area contributed by atoms with E-state index in [0.29, 0.717) is 5.82 Å². The molecule has 19 heavy (non-hydrogen) atoms. The summed E-state index contributed by atoms with van der Waals surface area (Å²) in [4.78, 5) is 18.6. The second-order valence-corrected chi connectivity index (χ2v) is 4.83. The highest BCUT2D eigenvalue weighted by atomic mass is 16.5. The maximum atomic E-state index is 11.2. The van der Waals surface area contributed by atoms with E-state index >= 15 is 0 Å². The van der Waals surface area contributed by atoms with Crippen molar-refractivity contribution in [1.82, 2.24) is 9.97 Å². The molecule has 98 valence electrons. The number of aromatic nitrogens is 2. The molecule has 1 N–H and O–H groups in total. The molecule has 0 saturated carbocycles. The minimum Gasteiger partial charge on any atom is -0.469 e. The third kappa shape index (κ3) is 2.38. The van der Waals surface area contributed by atoms with Gasteiger partial charge in [-0.2, -0.15) is 0 Å². The van der Waals surface area contributed by atoms with E-state index in [1.165, 1.54) is 31.1 Å². The van der Waals surface area contributed by atoms with Gasteiger partial charge in [0.15, 0.2) is 0 Å². The van der Waals surface area contributed by atoms with Crippen LogP contribution < -0.4 is 0 Å². The highest BCUT2D eigenvalue weighted by Gasteiger charge is 2.13. The maximum Gasteiger partial charge on any atom is 0.313 e. The molecular formula is C15H16N2O2. The third-order valence-electron chi connectivity index (χ3n) is 3.58. The molecule has 0 spiro atoms. The summed E-state index contributed by atoms with van der Waals surface area (Å²) in [6.45, 7) is 0. The average molecular weight is 256 g/mol. The molecule has 0 bridgehead atoms. The fourth-order valence-electron chi connectivity index (χ4n) is 2.55. The monoisotopic (exact) mass is 256 g/mol. The van der Waals surface area contributed by atoms with Gasteiger partial charge in [-0.1, -0.05) is 12.1 Å². The van der Waals surface area contributed by atoms with E-state index in [0.717, 1.165) is 17.7 Å². The SMILES string of the molecule is COC(=O)Cc1ncc(-c2ccc3c(c2)CCC3)[nH]1. The summed E-state index contributed by atoms with van der Waals surface area (Å²) in [6, 6.07) is 6.52. The number of hydrogen-bond acceptors (Lipinski definition) is 3. The number of fused-ring (bicyclic) bond motifs is 1. The Kier molecular flexibility index (Phi) is 3.07. The molecule has 0 unspecified atom stereocenters. The number of H-pyrrole nitrogens is 1. The predicted octanol–water partition coefficient (Wildman–Crippen LogP) is 2.28. The van der Waals surface area contributed by atoms with Gasteiger partial charge in [0, 0.05) is 0 Å². The Labute approximate surface area is 111 Å². The highest BCUT2D eigenvalue weighted by Crippen LogP contribution is 2.27. The zero-order valence-corrected chi connectivity index (χ0v) is 10.9. The number of methoxy groups -OCH3 is 1. The van der Waals surface area contributed by atoms with E-state index in [9.17, 15) is 4.79 Å². The quantitative estimate of drug-likeness (QED) is 0.857. The number of rotatable bonds is 3. The first kappa shape index (κ1) is 12.0. The van der Waals surface area contributed by atoms with Crippen molar-refractivity contribution in [3.05, 3.63) is 41.3 Å². The Morgan fingerprint density at radius 3 is 3.05 bits per heavy atom. The van der Waals surface area contributed by atoms with E-state index in [2.05, 4.69) is 32.9 Å². The number of carbonyl (C=O) groups excluding carboxylic acids is 1. The smallest absolute Gasteiger partial charge is 0.313 e. The molecule has 0 atom stereocenters. The lowest BCUT2D eigenvalue weighted by Crippen LogP contribution is -2.05. The number of nitrogens with one attached hydrogen (secondary N) is 1. The van der Waals surface area contributed by atoms with Gasteiger partial charge in [0.1, 0.15) is 12.2 Å². The molecule has 1 heterocycles. The molecule has 1 aliphatic carbocycles. The second-order valence-electron chi connectivity index (χ2n) is 4.83. The Balaban J connectivity index is 1.84. The molecular weight excluding hydrogens is 240 g/mol. The van der Waals surface area contributed by atoms with Crippen LogP contribution in [0.15, 0.2) is 24.4 Å². The number of ether oxygens (including phenoxy) is 1. The zero-order chi connectivity index (χ0) is 13.2. The summed E-state index contributed by atoms with van der Waals surface area (Å²) in [5, 5.41) is 0. The number of esters is 1. The van der Waals surface area contributed by atoms with Gasteiger partial charge >= 0.3 is 5.97 Å². The van der Waals surface area contributed by atoms with E-state index in [1.54, 1.807) is 6.20 Å². The lowest BCUT2D eigenvalue weighted by molar-refractivity contribution is -0.139. The van der Waals surface area contributed by atoms with Crippen LogP contribution in [-0.4, -0.2) is 23.0 Å². The van der Waals surface area contributed by atoms with Crippen LogP contribution in [0.1, 0.15) is 23.4 Å². The van der Waals surface area contributed by atoms with Crippen LogP contribution in [0.3, 0.4) is 0 Å². The van der Waals surface area contributed by atoms with Gasteiger partial charge in [-0.25, -0.2) is 4.98 Å². The first-order chi connectivity index (χ1) is 9.26. The van der Waals surface area contributed by atoms with Crippen molar-refractivity contribution < 1.29 is 9.53 Å². The van der Waals surface area contributed by atoms with E-state index in [-0.39, 0.29) is 12.4 Å². The molecule has 0 amide bonds. The van der Waals surface area contributed by atoms with Crippen LogP contribution in [0.5, 0.6) is 0 Å². The summed E-state index contributed by atoms with van der Waals surface area (Å²) in [5.41, 5.74) is 4.97. The summed E-state index contributed by atoms with van der Waals surface area (Å²) in [5.74, 6) is 0.359. The fourth-order valence-corrected chi connectivity index (χ4v) is 2.55. The molecule has 4 heteroatoms. The molecule has 1 aromatic carbocycles. The lowest BCUT2D eigenvalue weighted by atomic mass is 10.1. The van der Waals surface area contributed by atoms with Gasteiger partial charge in [-0.05, 0) is 42.0 Å². The molecule has 0 saturated heterocycles. The third-order valence-corrected chi connectivity index (χ3v) is 3.58. The Morgan fingerprint density at radius 2 is 2.21 bits per heavy atom. The van der Waals surface area contributed by atoms with Gasteiger partial charge in [-0.15, -0.1) is 0 Å². The van der Waals surface area contributed by atoms with Crippen LogP contribution in [0.25, 0.3) is 11.3 Å². The van der Waals surface area contributed by atoms with Crippen LogP contribution >= 0.6 is 0 Å². The summed E-state index contributed by atoms with van der Waals surface area (Å²) in [6.07, 6.45) is 5.55. The number of hydrogen-bond donors (Lipinski definition) is 1. The number of aryl methyl sites for hydroxylation is 2. The first-order valence-electron chi connectivity index (χ1n) is 6.49. The molecule has 2 aromatic rings. The van der Waals surface area contributed by atoms with E-state index < -0.39 is 0 Å². The first-order valence-corrected chi connectivity index (χ1v) is 6.49. The van der Waals surface area contributed by atoms with Gasteiger partial charge in [0.2, 0.25) is 0 Å². The molecule has 1 aliphatic rings. The van der Waals surface area contributed by atoms with E-state index in [1.807, 2.05) is 0 Å². The van der Waals surface area contributed by atoms with Crippen LogP contribution in [0.4, 0.5) is 0 Å². The van der Waals surface area contributed by atoms with Crippen molar-refractivity contribution in [3.8, 4) is 11.3 Å². The summed E-state index contributed by atoms with van der Waals surface area (Å²) >= 11 is 0. The minimum absolute atomic E-state index is 0.182. The molecule has 0 radical (unpaired) electrons. The number of aromatic amines is 1. The van der Waals surface area contributed by atoms with Crippen molar-refractivity contribution in [2.24, 2.45) is 0 Å². The fraction of sp³-hybridized carbons (Fsp3) is 0.333. The van der Waals surface area contributed by atoms with Crippen molar-refractivity contribution in [2.45, 2.75) is 25.7 Å².